The normalized spacial score (nSPS) is 20.7. The number of nitrogens with one attached hydrogen (secondary N) is 11. The lowest BCUT2D eigenvalue weighted by Gasteiger charge is -2.41. The van der Waals surface area contributed by atoms with Crippen molar-refractivity contribution in [2.75, 3.05) is 209 Å². The lowest BCUT2D eigenvalue weighted by molar-refractivity contribution is -0.131. The lowest BCUT2D eigenvalue weighted by atomic mass is 9.82. The highest BCUT2D eigenvalue weighted by atomic mass is 16.5. The highest BCUT2D eigenvalue weighted by Crippen LogP contribution is 2.40. The fourth-order valence-electron chi connectivity index (χ4n) is 19.5. The Hall–Kier alpha value is -10.8. The largest absolute Gasteiger partial charge is 0.453 e. The van der Waals surface area contributed by atoms with E-state index in [0.717, 1.165) is 244 Å². The van der Waals surface area contributed by atoms with Gasteiger partial charge in [0.15, 0.2) is 0 Å². The van der Waals surface area contributed by atoms with Gasteiger partial charge in [-0.2, -0.15) is 29.9 Å². The predicted octanol–water partition coefficient (Wildman–Crippen LogP) is 15.0. The van der Waals surface area contributed by atoms with Gasteiger partial charge in [-0.1, -0.05) is 148 Å². The van der Waals surface area contributed by atoms with Crippen LogP contribution >= 0.6 is 0 Å². The standard InChI is InChI=1S/3C21H35N5O.C15H26N6O.C14H23N5O2.C12H20N4O/c2*1-14(2)18-12-19(25-21(22-4)24-18)26-13-16(11-10-15(26)3)20(27)23-17-8-6-5-7-9-17;1-5-21(19(27)23-16-9-7-6-8-10-16)11-12-26(14-21)18-13-17(15(2)3)24-20(22-4)25-18;1-11(2)12-9-13(20-14(16-3)19-12)21-7-5-15(17-4,6-8-21)18-10-22;1-10(2)11-9-12(17-13(15-3)16-11)18-5-7-19(8-6-18)14(20)21-4;1-9(2)10-8-11(15-12(13-3)14-10)16-4-6-17-7-5-16/h2*12,14-17H,5-11,13H2,1-4H3,(H,23,27)(H,22,24,25);13,15-16H,5-12,14H2,1-4H3,(H,23,27)(H,22,24,25);9-11,17H,5-8H2,1-4H3,(H,18,22)(H,16,19,20);9-10H,5-8H2,1-4H3,(H,15,16,17);8-9H,4-7H2,1-3H3,(H,13,14,15)/t15-,16+;15-,16-;21-;;;/m101.../s1. The van der Waals surface area contributed by atoms with Crippen LogP contribution in [0, 0.1) is 17.3 Å². The highest BCUT2D eigenvalue weighted by Gasteiger charge is 2.45. The van der Waals surface area contributed by atoms with Crippen LogP contribution in [-0.2, 0) is 28.7 Å². The summed E-state index contributed by atoms with van der Waals surface area (Å²) in [6.07, 6.45) is 26.0. The summed E-state index contributed by atoms with van der Waals surface area (Å²) in [6.45, 7) is 43.1. The van der Waals surface area contributed by atoms with Crippen molar-refractivity contribution < 1.29 is 33.4 Å². The molecule has 0 radical (unpaired) electrons. The Bertz CT molecular complexity index is 4740. The fourth-order valence-corrected chi connectivity index (χ4v) is 19.5. The number of anilines is 12. The first-order chi connectivity index (χ1) is 67.7. The van der Waals surface area contributed by atoms with E-state index < -0.39 is 0 Å². The zero-order valence-electron chi connectivity index (χ0n) is 89.6. The Morgan fingerprint density at radius 3 is 1.01 bits per heavy atom. The van der Waals surface area contributed by atoms with Gasteiger partial charge in [0, 0.05) is 200 Å². The van der Waals surface area contributed by atoms with Crippen molar-refractivity contribution in [1.29, 1.82) is 0 Å². The molecule has 0 aromatic carbocycles. The fraction of sp³-hybridized carbons (Fsp3) is 0.721. The van der Waals surface area contributed by atoms with E-state index in [9.17, 15) is 24.0 Å². The van der Waals surface area contributed by atoms with E-state index in [2.05, 4.69) is 282 Å². The summed E-state index contributed by atoms with van der Waals surface area (Å²) in [6, 6.07) is 14.3. The summed E-state index contributed by atoms with van der Waals surface area (Å²) in [5.74, 6) is 12.5. The molecule has 37 heteroatoms. The number of hydrogen-bond acceptors (Lipinski definition) is 32. The third-order valence-electron chi connectivity index (χ3n) is 29.2. The lowest BCUT2D eigenvalue weighted by Crippen LogP contribution is -2.60. The maximum Gasteiger partial charge on any atom is 0.409 e. The highest BCUT2D eigenvalue weighted by molar-refractivity contribution is 5.85. The quantitative estimate of drug-likeness (QED) is 0.0160. The smallest absolute Gasteiger partial charge is 0.409 e. The number of ether oxygens (including phenoxy) is 2. The van der Waals surface area contributed by atoms with Crippen molar-refractivity contribution in [2.45, 2.75) is 323 Å². The molecule has 9 fully saturated rings. The summed E-state index contributed by atoms with van der Waals surface area (Å²) in [7, 11) is 14.3. The number of amides is 5. The second-order valence-electron chi connectivity index (χ2n) is 41.3. The molecule has 9 aliphatic rings. The molecule has 0 bridgehead atoms. The number of rotatable bonds is 28. The van der Waals surface area contributed by atoms with E-state index in [0.29, 0.717) is 114 Å². The molecule has 782 valence electrons. The minimum atomic E-state index is -0.308. The topological polar surface area (TPSA) is 413 Å². The molecule has 5 atom stereocenters. The van der Waals surface area contributed by atoms with Crippen LogP contribution < -0.4 is 87.9 Å². The van der Waals surface area contributed by atoms with Crippen molar-refractivity contribution >= 4 is 101 Å². The van der Waals surface area contributed by atoms with E-state index in [1.165, 1.54) is 64.9 Å². The Kier molecular flexibility index (Phi) is 43.8. The minimum Gasteiger partial charge on any atom is -0.453 e. The first kappa shape index (κ1) is 112. The summed E-state index contributed by atoms with van der Waals surface area (Å²) in [5.41, 5.74) is 5.61. The first-order valence-corrected chi connectivity index (χ1v) is 52.9. The zero-order valence-corrected chi connectivity index (χ0v) is 89.6. The molecule has 141 heavy (non-hydrogen) atoms. The van der Waals surface area contributed by atoms with E-state index >= 15 is 0 Å². The molecule has 37 nitrogen and oxygen atoms in total. The number of hydrogen-bond donors (Lipinski definition) is 11. The van der Waals surface area contributed by atoms with Gasteiger partial charge in [0.1, 0.15) is 34.9 Å². The van der Waals surface area contributed by atoms with Crippen LogP contribution in [0.15, 0.2) is 36.4 Å². The Morgan fingerprint density at radius 2 is 0.695 bits per heavy atom. The van der Waals surface area contributed by atoms with Gasteiger partial charge in [0.25, 0.3) is 0 Å². The third-order valence-corrected chi connectivity index (χ3v) is 29.2. The molecular weight excluding hydrogens is 1780 g/mol. The van der Waals surface area contributed by atoms with Crippen LogP contribution in [0.3, 0.4) is 0 Å². The summed E-state index contributed by atoms with van der Waals surface area (Å²) in [5, 5.41) is 34.4. The minimum absolute atomic E-state index is 0.0404. The maximum absolute atomic E-state index is 13.2. The SMILES string of the molecule is CC[C@@]1(C(=O)NC2CCCCC2)CCN(c2cc(C(C)C)nc(NC)n2)C1.CNc1nc(C(C)C)cc(N2CCC(NC)(NC=O)CC2)n1.CNc1nc(C(C)C)cc(N2CCN(C(=O)OC)CC2)n1.CNc1nc(C(C)C)cc(N2CCOCC2)n1.CNc1nc(C(C)C)cc(N2C[C@@H](C(=O)NC3CCCCC3)CC[C@@H]2C)n1.CNc1nc(C(C)C)cc(N2C[C@@H](C(=O)NC3CCCCC3)CC[C@H]2C)n1. The van der Waals surface area contributed by atoms with Crippen molar-refractivity contribution in [3.8, 4) is 0 Å². The molecule has 5 amide bonds. The molecule has 12 heterocycles. The van der Waals surface area contributed by atoms with Crippen molar-refractivity contribution in [1.82, 2.24) is 91.3 Å². The number of aromatic nitrogens is 12. The number of piperidine rings is 3. The average molecular weight is 1960 g/mol. The summed E-state index contributed by atoms with van der Waals surface area (Å²) >= 11 is 0. The van der Waals surface area contributed by atoms with Gasteiger partial charge < -0.3 is 96.9 Å². The molecule has 6 saturated heterocycles. The molecule has 0 unspecified atom stereocenters. The van der Waals surface area contributed by atoms with Gasteiger partial charge in [-0.15, -0.1) is 0 Å². The Morgan fingerprint density at radius 1 is 0.390 bits per heavy atom. The second-order valence-corrected chi connectivity index (χ2v) is 41.3. The molecule has 6 aromatic heterocycles. The van der Waals surface area contributed by atoms with E-state index in [1.54, 1.807) is 4.90 Å². The molecule has 0 spiro atoms. The van der Waals surface area contributed by atoms with Gasteiger partial charge >= 0.3 is 6.09 Å². The van der Waals surface area contributed by atoms with Gasteiger partial charge in [-0.3, -0.25) is 24.5 Å². The molecule has 11 N–H and O–H groups in total. The molecule has 3 aliphatic carbocycles. The zero-order chi connectivity index (χ0) is 102. The van der Waals surface area contributed by atoms with Gasteiger partial charge in [0.2, 0.25) is 59.8 Å². The molecule has 6 aromatic rings. The van der Waals surface area contributed by atoms with Crippen LogP contribution in [0.1, 0.15) is 321 Å². The van der Waals surface area contributed by atoms with E-state index in [-0.39, 0.29) is 46.7 Å². The van der Waals surface area contributed by atoms with Gasteiger partial charge in [0.05, 0.1) is 77.4 Å². The van der Waals surface area contributed by atoms with E-state index in [1.807, 2.05) is 55.4 Å². The van der Waals surface area contributed by atoms with Crippen LogP contribution in [0.4, 0.5) is 75.4 Å². The van der Waals surface area contributed by atoms with Crippen molar-refractivity contribution in [3.63, 3.8) is 0 Å². The second kappa shape index (κ2) is 55.1. The molecule has 3 saturated carbocycles. The van der Waals surface area contributed by atoms with Crippen molar-refractivity contribution in [2.24, 2.45) is 17.3 Å². The number of carbonyl (C=O) groups excluding carboxylic acids is 5. The monoisotopic (exact) mass is 1960 g/mol. The Labute approximate surface area is 841 Å². The van der Waals surface area contributed by atoms with Crippen molar-refractivity contribution in [3.05, 3.63) is 70.6 Å². The Balaban J connectivity index is 0.000000175. The van der Waals surface area contributed by atoms with Crippen LogP contribution in [0.2, 0.25) is 0 Å². The third kappa shape index (κ3) is 32.3. The number of carbonyl (C=O) groups is 5. The predicted molar refractivity (Wildman–Crippen MR) is 569 cm³/mol. The summed E-state index contributed by atoms with van der Waals surface area (Å²) in [4.78, 5) is 131. The number of morpholine rings is 1. The number of piperazine rings is 1. The molecule has 6 aliphatic heterocycles. The van der Waals surface area contributed by atoms with E-state index in [4.69, 9.17) is 9.47 Å². The maximum atomic E-state index is 13.2. The summed E-state index contributed by atoms with van der Waals surface area (Å²) < 4.78 is 10.1. The molecule has 15 rings (SSSR count). The van der Waals surface area contributed by atoms with Gasteiger partial charge in [-0.25, -0.2) is 34.7 Å². The number of methoxy groups -OCH3 is 1. The number of nitrogens with zero attached hydrogens (tertiary/aromatic N) is 19. The van der Waals surface area contributed by atoms with Crippen LogP contribution in [0.5, 0.6) is 0 Å². The van der Waals surface area contributed by atoms with Crippen LogP contribution in [-0.4, -0.2) is 279 Å². The molecular formula is C104H174N30O7. The van der Waals surface area contributed by atoms with Crippen LogP contribution in [0.25, 0.3) is 0 Å². The average Bonchev–Trinajstić information content (AvgIpc) is 1.60. The first-order valence-electron chi connectivity index (χ1n) is 52.9. The van der Waals surface area contributed by atoms with Gasteiger partial charge in [-0.05, 0) is 133 Å².